The van der Waals surface area contributed by atoms with Gasteiger partial charge in [0, 0.05) is 28.0 Å². The smallest absolute Gasteiger partial charge is 0.122 e. The van der Waals surface area contributed by atoms with Crippen LogP contribution >= 0.6 is 27.3 Å². The van der Waals surface area contributed by atoms with Crippen molar-refractivity contribution in [3.05, 3.63) is 44.3 Å². The molecular weight excluding hydrogens is 338 g/mol. The molecule has 0 radical (unpaired) electrons. The second-order valence-electron chi connectivity index (χ2n) is 4.61. The summed E-state index contributed by atoms with van der Waals surface area (Å²) in [4.78, 5) is 4.48. The normalized spacial score (nSPS) is 12.4. The molecule has 0 saturated heterocycles. The number of hydrogen-bond donors (Lipinski definition) is 2. The van der Waals surface area contributed by atoms with E-state index in [4.69, 9.17) is 10.6 Å². The number of nitrogens with zero attached hydrogens (tertiary/aromatic N) is 1. The molecule has 0 aliphatic carbocycles. The average molecular weight is 356 g/mol. The number of aromatic nitrogens is 1. The third-order valence-electron chi connectivity index (χ3n) is 3.03. The van der Waals surface area contributed by atoms with E-state index in [1.807, 2.05) is 19.1 Å². The predicted octanol–water partition coefficient (Wildman–Crippen LogP) is 2.84. The number of aryl methyl sites for hydroxylation is 1. The molecule has 0 aliphatic rings. The lowest BCUT2D eigenvalue weighted by atomic mass is 10.0. The number of hydrazine groups is 1. The van der Waals surface area contributed by atoms with Crippen LogP contribution in [-0.4, -0.2) is 18.1 Å². The second-order valence-corrected chi connectivity index (χ2v) is 6.47. The Labute approximate surface area is 131 Å². The summed E-state index contributed by atoms with van der Waals surface area (Å²) in [7, 11) is 1.68. The van der Waals surface area contributed by atoms with Gasteiger partial charge in [0.25, 0.3) is 0 Å². The van der Waals surface area contributed by atoms with Gasteiger partial charge in [0.1, 0.15) is 5.75 Å². The summed E-state index contributed by atoms with van der Waals surface area (Å²) in [6.45, 7) is 2.00. The maximum atomic E-state index is 5.68. The molecule has 1 heterocycles. The van der Waals surface area contributed by atoms with Crippen LogP contribution in [0.25, 0.3) is 0 Å². The van der Waals surface area contributed by atoms with Gasteiger partial charge in [-0.05, 0) is 37.1 Å². The second kappa shape index (κ2) is 7.17. The topological polar surface area (TPSA) is 60.2 Å². The summed E-state index contributed by atoms with van der Waals surface area (Å²) in [6.07, 6.45) is 1.60. The van der Waals surface area contributed by atoms with E-state index in [0.29, 0.717) is 0 Å². The highest BCUT2D eigenvalue weighted by Gasteiger charge is 2.14. The van der Waals surface area contributed by atoms with Gasteiger partial charge in [0.15, 0.2) is 0 Å². The zero-order chi connectivity index (χ0) is 14.5. The number of halogens is 1. The zero-order valence-corrected chi connectivity index (χ0v) is 13.9. The van der Waals surface area contributed by atoms with E-state index in [-0.39, 0.29) is 6.04 Å². The van der Waals surface area contributed by atoms with Crippen molar-refractivity contribution in [3.8, 4) is 5.75 Å². The number of ether oxygens (including phenoxy) is 1. The SMILES string of the molecule is COc1ccc(Br)cc1CC(Cc1nc(C)cs1)NN. The molecule has 1 unspecified atom stereocenters. The first kappa shape index (κ1) is 15.4. The zero-order valence-electron chi connectivity index (χ0n) is 11.5. The number of nitrogens with one attached hydrogen (secondary N) is 1. The number of benzene rings is 1. The molecule has 3 N–H and O–H groups in total. The molecular formula is C14H18BrN3OS. The van der Waals surface area contributed by atoms with Crippen LogP contribution in [0.4, 0.5) is 0 Å². The molecule has 2 rings (SSSR count). The number of rotatable bonds is 6. The fourth-order valence-electron chi connectivity index (χ4n) is 2.07. The van der Waals surface area contributed by atoms with Gasteiger partial charge in [-0.1, -0.05) is 15.9 Å². The van der Waals surface area contributed by atoms with Crippen molar-refractivity contribution in [1.29, 1.82) is 0 Å². The van der Waals surface area contributed by atoms with Crippen LogP contribution in [0.3, 0.4) is 0 Å². The maximum Gasteiger partial charge on any atom is 0.122 e. The molecule has 0 saturated carbocycles. The Morgan fingerprint density at radius 3 is 2.85 bits per heavy atom. The predicted molar refractivity (Wildman–Crippen MR) is 86.1 cm³/mol. The molecule has 1 aromatic heterocycles. The van der Waals surface area contributed by atoms with Crippen molar-refractivity contribution in [2.24, 2.45) is 5.84 Å². The lowest BCUT2D eigenvalue weighted by Crippen LogP contribution is -2.38. The molecule has 108 valence electrons. The third-order valence-corrected chi connectivity index (χ3v) is 4.51. The summed E-state index contributed by atoms with van der Waals surface area (Å²) in [5.74, 6) is 6.56. The minimum Gasteiger partial charge on any atom is -0.496 e. The lowest BCUT2D eigenvalue weighted by Gasteiger charge is -2.17. The van der Waals surface area contributed by atoms with Crippen molar-refractivity contribution >= 4 is 27.3 Å². The van der Waals surface area contributed by atoms with E-state index in [2.05, 4.69) is 37.8 Å². The Bertz CT molecular complexity index is 573. The van der Waals surface area contributed by atoms with Gasteiger partial charge < -0.3 is 4.74 Å². The highest BCUT2D eigenvalue weighted by Crippen LogP contribution is 2.25. The van der Waals surface area contributed by atoms with Gasteiger partial charge in [0.2, 0.25) is 0 Å². The Kier molecular flexibility index (Phi) is 5.54. The van der Waals surface area contributed by atoms with Gasteiger partial charge in [0.05, 0.1) is 12.1 Å². The lowest BCUT2D eigenvalue weighted by molar-refractivity contribution is 0.404. The first-order chi connectivity index (χ1) is 9.62. The standard InChI is InChI=1S/C14H18BrN3OS/c1-9-8-20-14(17-9)7-12(18-16)6-10-5-11(15)3-4-13(10)19-2/h3-5,8,12,18H,6-7,16H2,1-2H3. The Morgan fingerprint density at radius 1 is 1.45 bits per heavy atom. The van der Waals surface area contributed by atoms with Gasteiger partial charge >= 0.3 is 0 Å². The summed E-state index contributed by atoms with van der Waals surface area (Å²) in [5, 5.41) is 3.15. The van der Waals surface area contributed by atoms with E-state index in [0.717, 1.165) is 39.3 Å². The highest BCUT2D eigenvalue weighted by molar-refractivity contribution is 9.10. The summed E-state index contributed by atoms with van der Waals surface area (Å²) >= 11 is 5.16. The Morgan fingerprint density at radius 2 is 2.25 bits per heavy atom. The van der Waals surface area contributed by atoms with E-state index in [1.165, 1.54) is 0 Å². The molecule has 0 fully saturated rings. The van der Waals surface area contributed by atoms with Crippen molar-refractivity contribution in [2.75, 3.05) is 7.11 Å². The van der Waals surface area contributed by atoms with Crippen LogP contribution in [-0.2, 0) is 12.8 Å². The molecule has 2 aromatic rings. The number of thiazole rings is 1. The van der Waals surface area contributed by atoms with Crippen molar-refractivity contribution in [2.45, 2.75) is 25.8 Å². The Balaban J connectivity index is 2.11. The van der Waals surface area contributed by atoms with E-state index >= 15 is 0 Å². The van der Waals surface area contributed by atoms with E-state index in [9.17, 15) is 0 Å². The van der Waals surface area contributed by atoms with Crippen LogP contribution in [0.15, 0.2) is 28.1 Å². The molecule has 0 amide bonds. The summed E-state index contributed by atoms with van der Waals surface area (Å²) < 4.78 is 6.43. The molecule has 0 spiro atoms. The van der Waals surface area contributed by atoms with Crippen molar-refractivity contribution in [3.63, 3.8) is 0 Å². The van der Waals surface area contributed by atoms with Gasteiger partial charge in [-0.2, -0.15) is 0 Å². The monoisotopic (exact) mass is 355 g/mol. The first-order valence-electron chi connectivity index (χ1n) is 6.32. The van der Waals surface area contributed by atoms with E-state index < -0.39 is 0 Å². The fourth-order valence-corrected chi connectivity index (χ4v) is 3.33. The fraction of sp³-hybridized carbons (Fsp3) is 0.357. The molecule has 1 atom stereocenters. The quantitative estimate of drug-likeness (QED) is 0.617. The van der Waals surface area contributed by atoms with Gasteiger partial charge in [-0.25, -0.2) is 4.98 Å². The summed E-state index contributed by atoms with van der Waals surface area (Å²) in [5.41, 5.74) is 5.05. The van der Waals surface area contributed by atoms with Gasteiger partial charge in [-0.15, -0.1) is 11.3 Å². The van der Waals surface area contributed by atoms with Crippen LogP contribution in [0.1, 0.15) is 16.3 Å². The van der Waals surface area contributed by atoms with Crippen LogP contribution in [0, 0.1) is 6.92 Å². The largest absolute Gasteiger partial charge is 0.496 e. The number of hydrogen-bond acceptors (Lipinski definition) is 5. The number of methoxy groups -OCH3 is 1. The minimum absolute atomic E-state index is 0.128. The molecule has 20 heavy (non-hydrogen) atoms. The molecule has 1 aromatic carbocycles. The molecule has 6 heteroatoms. The molecule has 0 aliphatic heterocycles. The molecule has 4 nitrogen and oxygen atoms in total. The Hall–Kier alpha value is -0.950. The summed E-state index contributed by atoms with van der Waals surface area (Å²) in [6, 6.07) is 6.12. The van der Waals surface area contributed by atoms with Crippen LogP contribution < -0.4 is 16.0 Å². The van der Waals surface area contributed by atoms with Crippen molar-refractivity contribution in [1.82, 2.24) is 10.4 Å². The van der Waals surface area contributed by atoms with Crippen LogP contribution in [0.5, 0.6) is 5.75 Å². The minimum atomic E-state index is 0.128. The van der Waals surface area contributed by atoms with E-state index in [1.54, 1.807) is 18.4 Å². The van der Waals surface area contributed by atoms with Gasteiger partial charge in [-0.3, -0.25) is 11.3 Å². The highest BCUT2D eigenvalue weighted by atomic mass is 79.9. The van der Waals surface area contributed by atoms with Crippen molar-refractivity contribution < 1.29 is 4.74 Å². The molecule has 0 bridgehead atoms. The number of nitrogens with two attached hydrogens (primary N) is 1. The maximum absolute atomic E-state index is 5.68. The third kappa shape index (κ3) is 4.02. The van der Waals surface area contributed by atoms with Crippen LogP contribution in [0.2, 0.25) is 0 Å². The average Bonchev–Trinajstić information content (AvgIpc) is 2.83. The first-order valence-corrected chi connectivity index (χ1v) is 7.99.